The van der Waals surface area contributed by atoms with Crippen molar-refractivity contribution >= 4 is 27.6 Å². The standard InChI is InChI=1S/C9H8N2O2.C6H5NO2S/c12-8-6-11(9(13)10-8)7-4-2-1-3-5-7;7-10(8,9)6-3-4-1-2-5(4)6/h1-5H,6H2,(H,10,12,13);1-3H,(H2,7,8,9). The second-order valence-corrected chi connectivity index (χ2v) is 6.56. The summed E-state index contributed by atoms with van der Waals surface area (Å²) in [6, 6.07) is 13.9. The second kappa shape index (κ2) is 5.49. The number of primary sulfonamides is 1. The molecule has 1 fully saturated rings. The molecule has 1 heterocycles. The van der Waals surface area contributed by atoms with Gasteiger partial charge in [-0.2, -0.15) is 0 Å². The first-order chi connectivity index (χ1) is 10.9. The number of imide groups is 1. The van der Waals surface area contributed by atoms with Crippen LogP contribution in [0.1, 0.15) is 0 Å². The van der Waals surface area contributed by atoms with Crippen LogP contribution in [0.25, 0.3) is 11.1 Å². The van der Waals surface area contributed by atoms with Gasteiger partial charge in [-0.25, -0.2) is 18.4 Å². The lowest BCUT2D eigenvalue weighted by Crippen LogP contribution is -2.27. The summed E-state index contributed by atoms with van der Waals surface area (Å²) in [5, 5.41) is 7.08. The van der Waals surface area contributed by atoms with E-state index in [1.165, 1.54) is 4.90 Å². The fraction of sp³-hybridized carbons (Fsp3) is 0.0667. The minimum Gasteiger partial charge on any atom is -0.285 e. The summed E-state index contributed by atoms with van der Waals surface area (Å²) in [4.78, 5) is 23.7. The number of amides is 3. The van der Waals surface area contributed by atoms with E-state index in [1.54, 1.807) is 24.3 Å². The molecule has 4 rings (SSSR count). The first-order valence-electron chi connectivity index (χ1n) is 6.70. The maximum absolute atomic E-state index is 11.2. The number of benzene rings is 2. The number of nitrogens with zero attached hydrogens (tertiary/aromatic N) is 1. The summed E-state index contributed by atoms with van der Waals surface area (Å²) in [5.41, 5.74) is 2.51. The zero-order valence-electron chi connectivity index (χ0n) is 11.9. The molecule has 0 saturated carbocycles. The summed E-state index contributed by atoms with van der Waals surface area (Å²) in [5.74, 6) is -0.256. The molecule has 2 aliphatic carbocycles. The Morgan fingerprint density at radius 3 is 2.09 bits per heavy atom. The fourth-order valence-corrected chi connectivity index (χ4v) is 3.03. The maximum Gasteiger partial charge on any atom is 0.329 e. The van der Waals surface area contributed by atoms with Crippen LogP contribution in [0, 0.1) is 0 Å². The molecule has 1 aromatic carbocycles. The molecule has 3 N–H and O–H groups in total. The van der Waals surface area contributed by atoms with Crippen molar-refractivity contribution in [2.45, 2.75) is 4.90 Å². The number of nitrogens with one attached hydrogen (secondary N) is 1. The van der Waals surface area contributed by atoms with E-state index >= 15 is 0 Å². The van der Waals surface area contributed by atoms with Crippen LogP contribution in [0.3, 0.4) is 0 Å². The highest BCUT2D eigenvalue weighted by molar-refractivity contribution is 7.89. The third-order valence-electron chi connectivity index (χ3n) is 3.46. The summed E-state index contributed by atoms with van der Waals surface area (Å²) in [6.45, 7) is 0.114. The lowest BCUT2D eigenvalue weighted by atomic mass is 9.94. The molecule has 3 amide bonds. The van der Waals surface area contributed by atoms with E-state index in [-0.39, 0.29) is 23.4 Å². The SMILES string of the molecule is NS(=O)(=O)c1cc2ccc1-2.O=C1CN(c2ccccc2)C(=O)N1. The van der Waals surface area contributed by atoms with Crippen molar-refractivity contribution in [3.63, 3.8) is 0 Å². The maximum atomic E-state index is 11.2. The predicted octanol–water partition coefficient (Wildman–Crippen LogP) is 1.06. The average Bonchev–Trinajstić information content (AvgIpc) is 2.81. The van der Waals surface area contributed by atoms with E-state index in [0.717, 1.165) is 16.8 Å². The number of carbonyl (C=O) groups excluding carboxylic acids is 2. The van der Waals surface area contributed by atoms with Crippen LogP contribution in [0.4, 0.5) is 10.5 Å². The highest BCUT2D eigenvalue weighted by atomic mass is 32.2. The van der Waals surface area contributed by atoms with Gasteiger partial charge < -0.3 is 0 Å². The van der Waals surface area contributed by atoms with Crippen molar-refractivity contribution in [2.75, 3.05) is 11.4 Å². The second-order valence-electron chi connectivity index (χ2n) is 5.03. The average molecular weight is 331 g/mol. The largest absolute Gasteiger partial charge is 0.329 e. The molecule has 118 valence electrons. The highest BCUT2D eigenvalue weighted by Gasteiger charge is 2.27. The van der Waals surface area contributed by atoms with Crippen LogP contribution in [-0.2, 0) is 14.8 Å². The van der Waals surface area contributed by atoms with E-state index in [0.29, 0.717) is 0 Å². The van der Waals surface area contributed by atoms with Gasteiger partial charge in [-0.05, 0) is 23.8 Å². The number of nitrogens with two attached hydrogens (primary N) is 1. The third kappa shape index (κ3) is 2.94. The van der Waals surface area contributed by atoms with Crippen LogP contribution in [0.15, 0.2) is 53.4 Å². The number of hydrogen-bond donors (Lipinski definition) is 2. The lowest BCUT2D eigenvalue weighted by molar-refractivity contribution is -0.117. The Bertz CT molecular complexity index is 894. The van der Waals surface area contributed by atoms with Crippen molar-refractivity contribution in [3.8, 4) is 11.1 Å². The molecule has 0 unspecified atom stereocenters. The topological polar surface area (TPSA) is 110 Å². The molecule has 3 aliphatic rings. The first kappa shape index (κ1) is 15.2. The Morgan fingerprint density at radius 2 is 1.74 bits per heavy atom. The molecule has 1 aromatic rings. The quantitative estimate of drug-likeness (QED) is 0.684. The monoisotopic (exact) mass is 331 g/mol. The lowest BCUT2D eigenvalue weighted by Gasteiger charge is -2.18. The molecule has 0 atom stereocenters. The van der Waals surface area contributed by atoms with E-state index in [1.807, 2.05) is 24.3 Å². The molecule has 0 radical (unpaired) electrons. The van der Waals surface area contributed by atoms with Gasteiger partial charge in [0.2, 0.25) is 15.9 Å². The van der Waals surface area contributed by atoms with Crippen molar-refractivity contribution in [1.29, 1.82) is 0 Å². The Hall–Kier alpha value is -2.71. The predicted molar refractivity (Wildman–Crippen MR) is 84.1 cm³/mol. The third-order valence-corrected chi connectivity index (χ3v) is 4.41. The van der Waals surface area contributed by atoms with Gasteiger partial charge in [0, 0.05) is 11.3 Å². The normalized spacial score (nSPS) is 14.9. The molecule has 0 spiro atoms. The van der Waals surface area contributed by atoms with Gasteiger partial charge in [-0.1, -0.05) is 30.3 Å². The van der Waals surface area contributed by atoms with Crippen LogP contribution in [0.2, 0.25) is 0 Å². The number of carbonyl (C=O) groups is 2. The van der Waals surface area contributed by atoms with Gasteiger partial charge in [0.25, 0.3) is 0 Å². The molecule has 8 heteroatoms. The number of urea groups is 1. The molecular formula is C15H13N3O4S. The molecular weight excluding hydrogens is 318 g/mol. The van der Waals surface area contributed by atoms with E-state index in [2.05, 4.69) is 5.32 Å². The van der Waals surface area contributed by atoms with Crippen LogP contribution < -0.4 is 15.4 Å². The van der Waals surface area contributed by atoms with E-state index in [9.17, 15) is 18.0 Å². The van der Waals surface area contributed by atoms with E-state index in [4.69, 9.17) is 5.14 Å². The van der Waals surface area contributed by atoms with E-state index < -0.39 is 10.0 Å². The van der Waals surface area contributed by atoms with Crippen molar-refractivity contribution in [2.24, 2.45) is 5.14 Å². The molecule has 1 aliphatic heterocycles. The van der Waals surface area contributed by atoms with Crippen molar-refractivity contribution < 1.29 is 18.0 Å². The fourth-order valence-electron chi connectivity index (χ4n) is 2.25. The van der Waals surface area contributed by atoms with Crippen LogP contribution >= 0.6 is 0 Å². The zero-order chi connectivity index (χ0) is 16.6. The van der Waals surface area contributed by atoms with Crippen molar-refractivity contribution in [3.05, 3.63) is 48.5 Å². The molecule has 1 saturated heterocycles. The van der Waals surface area contributed by atoms with Crippen LogP contribution in [0.5, 0.6) is 0 Å². The van der Waals surface area contributed by atoms with Gasteiger partial charge in [0.1, 0.15) is 6.54 Å². The molecule has 0 bridgehead atoms. The zero-order valence-corrected chi connectivity index (χ0v) is 12.7. The Kier molecular flexibility index (Phi) is 3.63. The number of rotatable bonds is 2. The summed E-state index contributed by atoms with van der Waals surface area (Å²) in [7, 11) is -3.44. The Labute approximate surface area is 132 Å². The van der Waals surface area contributed by atoms with Gasteiger partial charge in [0.15, 0.2) is 0 Å². The number of para-hydroxylation sites is 1. The Morgan fingerprint density at radius 1 is 1.04 bits per heavy atom. The molecule has 0 aromatic heterocycles. The molecule has 7 nitrogen and oxygen atoms in total. The van der Waals surface area contributed by atoms with Crippen LogP contribution in [-0.4, -0.2) is 26.9 Å². The number of sulfonamides is 1. The number of hydrogen-bond acceptors (Lipinski definition) is 4. The summed E-state index contributed by atoms with van der Waals surface area (Å²) in [6.07, 6.45) is 0. The number of fused-ring (bicyclic) bond motifs is 1. The summed E-state index contributed by atoms with van der Waals surface area (Å²) >= 11 is 0. The molecule has 23 heavy (non-hydrogen) atoms. The minimum absolute atomic E-state index is 0.114. The van der Waals surface area contributed by atoms with Gasteiger partial charge >= 0.3 is 6.03 Å². The first-order valence-corrected chi connectivity index (χ1v) is 8.24. The van der Waals surface area contributed by atoms with Gasteiger partial charge in [-0.3, -0.25) is 15.0 Å². The van der Waals surface area contributed by atoms with Gasteiger partial charge in [-0.15, -0.1) is 0 Å². The Balaban J connectivity index is 0.000000140. The smallest absolute Gasteiger partial charge is 0.285 e. The minimum atomic E-state index is -3.44. The number of anilines is 1. The highest BCUT2D eigenvalue weighted by Crippen LogP contribution is 2.38. The van der Waals surface area contributed by atoms with Crippen molar-refractivity contribution in [1.82, 2.24) is 5.32 Å². The van der Waals surface area contributed by atoms with Gasteiger partial charge in [0.05, 0.1) is 4.90 Å². The summed E-state index contributed by atoms with van der Waals surface area (Å²) < 4.78 is 21.3.